The molecular formula is C14H19ClN3O2S+. The van der Waals surface area contributed by atoms with Crippen LogP contribution in [0, 0.1) is 17.2 Å². The van der Waals surface area contributed by atoms with Crippen molar-refractivity contribution in [1.29, 1.82) is 5.26 Å². The molecule has 1 aromatic rings. The number of hydrogen-bond donors (Lipinski definition) is 1. The van der Waals surface area contributed by atoms with Crippen molar-refractivity contribution < 1.29 is 13.3 Å². The van der Waals surface area contributed by atoms with Crippen LogP contribution >= 0.6 is 11.6 Å². The Morgan fingerprint density at radius 3 is 2.43 bits per heavy atom. The summed E-state index contributed by atoms with van der Waals surface area (Å²) in [5.74, 6) is -0.000535. The lowest BCUT2D eigenvalue weighted by molar-refractivity contribution is -0.905. The molecule has 21 heavy (non-hydrogen) atoms. The molecule has 0 unspecified atom stereocenters. The first-order valence-electron chi connectivity index (χ1n) is 6.92. The number of piperazine rings is 1. The van der Waals surface area contributed by atoms with Crippen LogP contribution in [0.1, 0.15) is 6.92 Å². The lowest BCUT2D eigenvalue weighted by Gasteiger charge is -2.31. The van der Waals surface area contributed by atoms with Crippen LogP contribution in [0.15, 0.2) is 29.2 Å². The standard InChI is InChI=1S/C14H18ClN3O2S/c1-12(10-16)11-17-6-8-18(9-7-17)21(19,20)14-4-2-13(15)3-5-14/h2-5,12H,6-9,11H2,1H3/p+1/t12-/m0/s1. The molecule has 0 amide bonds. The van der Waals surface area contributed by atoms with E-state index in [0.717, 1.165) is 19.6 Å². The Bertz CT molecular complexity index is 617. The number of quaternary nitrogens is 1. The molecule has 0 radical (unpaired) electrons. The smallest absolute Gasteiger partial charge is 0.243 e. The van der Waals surface area contributed by atoms with Crippen LogP contribution in [0.4, 0.5) is 0 Å². The highest BCUT2D eigenvalue weighted by atomic mass is 35.5. The van der Waals surface area contributed by atoms with Crippen molar-refractivity contribution in [1.82, 2.24) is 4.31 Å². The Balaban J connectivity index is 2.01. The van der Waals surface area contributed by atoms with Gasteiger partial charge < -0.3 is 4.90 Å². The Morgan fingerprint density at radius 2 is 1.90 bits per heavy atom. The van der Waals surface area contributed by atoms with Crippen LogP contribution in [0.2, 0.25) is 5.02 Å². The third kappa shape index (κ3) is 3.95. The zero-order valence-corrected chi connectivity index (χ0v) is 13.5. The fourth-order valence-electron chi connectivity index (χ4n) is 2.48. The van der Waals surface area contributed by atoms with Gasteiger partial charge in [0.1, 0.15) is 0 Å². The fourth-order valence-corrected chi connectivity index (χ4v) is 4.05. The molecule has 2 rings (SSSR count). The average molecular weight is 329 g/mol. The van der Waals surface area contributed by atoms with Crippen molar-refractivity contribution in [3.63, 3.8) is 0 Å². The molecule has 1 aliphatic rings. The maximum atomic E-state index is 12.5. The molecule has 1 saturated heterocycles. The summed E-state index contributed by atoms with van der Waals surface area (Å²) in [5, 5.41) is 9.36. The SMILES string of the molecule is C[C@@H](C#N)C[NH+]1CCN(S(=O)(=O)c2ccc(Cl)cc2)CC1. The van der Waals surface area contributed by atoms with E-state index in [2.05, 4.69) is 6.07 Å². The molecule has 0 saturated carbocycles. The second-order valence-corrected chi connectivity index (χ2v) is 7.72. The van der Waals surface area contributed by atoms with E-state index in [1.165, 1.54) is 21.3 Å². The second-order valence-electron chi connectivity index (χ2n) is 5.34. The van der Waals surface area contributed by atoms with Crippen molar-refractivity contribution >= 4 is 21.6 Å². The molecule has 0 spiro atoms. The number of hydrogen-bond acceptors (Lipinski definition) is 3. The molecule has 1 N–H and O–H groups in total. The van der Waals surface area contributed by atoms with E-state index in [1.54, 1.807) is 12.1 Å². The molecule has 1 fully saturated rings. The lowest BCUT2D eigenvalue weighted by atomic mass is 10.2. The van der Waals surface area contributed by atoms with Gasteiger partial charge in [-0.2, -0.15) is 9.57 Å². The summed E-state index contributed by atoms with van der Waals surface area (Å²) in [6, 6.07) is 8.47. The number of sulfonamides is 1. The molecule has 1 heterocycles. The first kappa shape index (κ1) is 16.2. The summed E-state index contributed by atoms with van der Waals surface area (Å²) in [4.78, 5) is 1.56. The van der Waals surface area contributed by atoms with Crippen LogP contribution in [0.3, 0.4) is 0 Å². The molecule has 5 nitrogen and oxygen atoms in total. The Hall–Kier alpha value is -1.13. The van der Waals surface area contributed by atoms with Gasteiger partial charge >= 0.3 is 0 Å². The van der Waals surface area contributed by atoms with Gasteiger partial charge in [0.25, 0.3) is 0 Å². The van der Waals surface area contributed by atoms with Crippen LogP contribution < -0.4 is 4.90 Å². The van der Waals surface area contributed by atoms with Gasteiger partial charge in [0, 0.05) is 5.02 Å². The second kappa shape index (κ2) is 6.75. The highest BCUT2D eigenvalue weighted by Crippen LogP contribution is 2.18. The van der Waals surface area contributed by atoms with E-state index in [1.807, 2.05) is 6.92 Å². The molecule has 0 aromatic heterocycles. The molecule has 7 heteroatoms. The van der Waals surface area contributed by atoms with Gasteiger partial charge in [0.15, 0.2) is 0 Å². The predicted octanol–water partition coefficient (Wildman–Crippen LogP) is 0.389. The van der Waals surface area contributed by atoms with Gasteiger partial charge in [-0.15, -0.1) is 0 Å². The molecule has 114 valence electrons. The monoisotopic (exact) mass is 328 g/mol. The average Bonchev–Trinajstić information content (AvgIpc) is 2.48. The van der Waals surface area contributed by atoms with E-state index in [-0.39, 0.29) is 10.8 Å². The fraction of sp³-hybridized carbons (Fsp3) is 0.500. The van der Waals surface area contributed by atoms with Crippen LogP contribution in [-0.4, -0.2) is 45.4 Å². The Morgan fingerprint density at radius 1 is 1.33 bits per heavy atom. The van der Waals surface area contributed by atoms with Crippen LogP contribution in [-0.2, 0) is 10.0 Å². The van der Waals surface area contributed by atoms with Crippen molar-refractivity contribution in [2.45, 2.75) is 11.8 Å². The minimum Gasteiger partial charge on any atom is -0.332 e. The van der Waals surface area contributed by atoms with Crippen molar-refractivity contribution in [3.8, 4) is 6.07 Å². The van der Waals surface area contributed by atoms with E-state index in [0.29, 0.717) is 18.1 Å². The van der Waals surface area contributed by atoms with Crippen molar-refractivity contribution in [2.24, 2.45) is 5.92 Å². The maximum Gasteiger partial charge on any atom is 0.243 e. The van der Waals surface area contributed by atoms with Crippen molar-refractivity contribution in [2.75, 3.05) is 32.7 Å². The molecule has 1 aliphatic heterocycles. The largest absolute Gasteiger partial charge is 0.332 e. The molecule has 1 aromatic carbocycles. The first-order chi connectivity index (χ1) is 9.93. The summed E-state index contributed by atoms with van der Waals surface area (Å²) < 4.78 is 26.5. The highest BCUT2D eigenvalue weighted by Gasteiger charge is 2.30. The minimum absolute atomic E-state index is 0.000535. The molecule has 1 atom stereocenters. The highest BCUT2D eigenvalue weighted by molar-refractivity contribution is 7.89. The normalized spacial score (nSPS) is 19.1. The molecular weight excluding hydrogens is 310 g/mol. The molecule has 0 aliphatic carbocycles. The summed E-state index contributed by atoms with van der Waals surface area (Å²) in [6.07, 6.45) is 0. The lowest BCUT2D eigenvalue weighted by Crippen LogP contribution is -3.15. The number of nitriles is 1. The summed E-state index contributed by atoms with van der Waals surface area (Å²) in [7, 11) is -3.44. The van der Waals surface area contributed by atoms with Crippen LogP contribution in [0.25, 0.3) is 0 Å². The zero-order chi connectivity index (χ0) is 15.5. The maximum absolute atomic E-state index is 12.5. The van der Waals surface area contributed by atoms with E-state index < -0.39 is 10.0 Å². The number of benzene rings is 1. The van der Waals surface area contributed by atoms with Crippen molar-refractivity contribution in [3.05, 3.63) is 29.3 Å². The Kier molecular flexibility index (Phi) is 5.22. The predicted molar refractivity (Wildman–Crippen MR) is 80.6 cm³/mol. The van der Waals surface area contributed by atoms with E-state index in [9.17, 15) is 8.42 Å². The van der Waals surface area contributed by atoms with Gasteiger partial charge in [-0.3, -0.25) is 0 Å². The number of rotatable bonds is 4. The number of nitrogens with zero attached hydrogens (tertiary/aromatic N) is 2. The summed E-state index contributed by atoms with van der Waals surface area (Å²) in [6.45, 7) is 5.10. The van der Waals surface area contributed by atoms with Crippen LogP contribution in [0.5, 0.6) is 0 Å². The quantitative estimate of drug-likeness (QED) is 0.869. The summed E-state index contributed by atoms with van der Waals surface area (Å²) in [5.41, 5.74) is 0. The van der Waals surface area contributed by atoms with Gasteiger partial charge in [-0.1, -0.05) is 11.6 Å². The minimum atomic E-state index is -3.44. The van der Waals surface area contributed by atoms with Gasteiger partial charge in [-0.25, -0.2) is 8.42 Å². The third-order valence-corrected chi connectivity index (χ3v) is 5.86. The third-order valence-electron chi connectivity index (χ3n) is 3.70. The molecule has 0 bridgehead atoms. The summed E-state index contributed by atoms with van der Waals surface area (Å²) >= 11 is 5.79. The number of nitrogens with one attached hydrogen (secondary N) is 1. The van der Waals surface area contributed by atoms with Gasteiger partial charge in [-0.05, 0) is 31.2 Å². The topological polar surface area (TPSA) is 65.6 Å². The van der Waals surface area contributed by atoms with Gasteiger partial charge in [0.05, 0.1) is 49.6 Å². The number of halogens is 1. The first-order valence-corrected chi connectivity index (χ1v) is 8.74. The zero-order valence-electron chi connectivity index (χ0n) is 11.9. The van der Waals surface area contributed by atoms with E-state index >= 15 is 0 Å². The van der Waals surface area contributed by atoms with Gasteiger partial charge in [0.2, 0.25) is 10.0 Å². The van der Waals surface area contributed by atoms with E-state index in [4.69, 9.17) is 16.9 Å². The Labute approximate surface area is 130 Å².